The number of thiophene rings is 1. The number of nitriles is 1. The minimum atomic E-state index is -0.424. The first-order valence-electron chi connectivity index (χ1n) is 5.82. The van der Waals surface area contributed by atoms with Gasteiger partial charge in [0.2, 0.25) is 0 Å². The summed E-state index contributed by atoms with van der Waals surface area (Å²) >= 11 is 1.46. The van der Waals surface area contributed by atoms with Gasteiger partial charge in [0, 0.05) is 18.0 Å². The van der Waals surface area contributed by atoms with Crippen molar-refractivity contribution in [2.45, 2.75) is 39.3 Å². The van der Waals surface area contributed by atoms with E-state index in [4.69, 9.17) is 10.00 Å². The van der Waals surface area contributed by atoms with Gasteiger partial charge in [0.1, 0.15) is 16.5 Å². The fourth-order valence-corrected chi connectivity index (χ4v) is 2.10. The first-order valence-corrected chi connectivity index (χ1v) is 6.64. The molecular formula is C13H18N2O2S. The zero-order chi connectivity index (χ0) is 13.6. The third-order valence-corrected chi connectivity index (χ3v) is 2.99. The second kappa shape index (κ2) is 6.53. The number of carbonyl (C=O) groups excluding carboxylic acids is 1. The largest absolute Gasteiger partial charge is 0.460 e. The van der Waals surface area contributed by atoms with Crippen LogP contribution in [-0.2, 0) is 16.1 Å². The van der Waals surface area contributed by atoms with Crippen LogP contribution in [0.15, 0.2) is 12.1 Å². The van der Waals surface area contributed by atoms with Crippen LogP contribution in [0.25, 0.3) is 0 Å². The monoisotopic (exact) mass is 266 g/mol. The Bertz CT molecular complexity index is 441. The summed E-state index contributed by atoms with van der Waals surface area (Å²) in [6.45, 7) is 6.82. The standard InChI is InChI=1S/C13H18N2O2S/c1-13(2,3)17-12(16)6-7-15-9-11-5-4-10(8-14)18-11/h4-5,15H,6-7,9H2,1-3H3. The van der Waals surface area contributed by atoms with Crippen LogP contribution in [0, 0.1) is 11.3 Å². The molecule has 0 atom stereocenters. The van der Waals surface area contributed by atoms with E-state index in [9.17, 15) is 4.79 Å². The van der Waals surface area contributed by atoms with Gasteiger partial charge in [0.05, 0.1) is 6.42 Å². The van der Waals surface area contributed by atoms with Crippen LogP contribution in [0.1, 0.15) is 36.9 Å². The van der Waals surface area contributed by atoms with Crippen LogP contribution in [0.5, 0.6) is 0 Å². The molecule has 0 aliphatic rings. The number of carbonyl (C=O) groups is 1. The molecule has 0 saturated carbocycles. The van der Waals surface area contributed by atoms with E-state index in [-0.39, 0.29) is 5.97 Å². The van der Waals surface area contributed by atoms with Gasteiger partial charge < -0.3 is 10.1 Å². The lowest BCUT2D eigenvalue weighted by Gasteiger charge is -2.19. The lowest BCUT2D eigenvalue weighted by atomic mass is 10.2. The van der Waals surface area contributed by atoms with Gasteiger partial charge in [-0.1, -0.05) is 0 Å². The molecule has 0 aliphatic heterocycles. The van der Waals surface area contributed by atoms with Crippen molar-refractivity contribution in [3.05, 3.63) is 21.9 Å². The van der Waals surface area contributed by atoms with Gasteiger partial charge in [0.15, 0.2) is 0 Å². The van der Waals surface area contributed by atoms with Gasteiger partial charge in [-0.15, -0.1) is 11.3 Å². The number of hydrogen-bond acceptors (Lipinski definition) is 5. The molecule has 0 bridgehead atoms. The Morgan fingerprint density at radius 1 is 1.50 bits per heavy atom. The van der Waals surface area contributed by atoms with Crippen molar-refractivity contribution in [3.63, 3.8) is 0 Å². The molecule has 0 spiro atoms. The van der Waals surface area contributed by atoms with E-state index in [0.29, 0.717) is 24.4 Å². The minimum Gasteiger partial charge on any atom is -0.460 e. The lowest BCUT2D eigenvalue weighted by molar-refractivity contribution is -0.154. The molecule has 0 aliphatic carbocycles. The van der Waals surface area contributed by atoms with E-state index < -0.39 is 5.60 Å². The highest BCUT2D eigenvalue weighted by atomic mass is 32.1. The number of rotatable bonds is 5. The summed E-state index contributed by atoms with van der Waals surface area (Å²) in [5.41, 5.74) is -0.424. The molecule has 1 heterocycles. The normalized spacial score (nSPS) is 11.0. The molecule has 98 valence electrons. The molecule has 0 radical (unpaired) electrons. The molecule has 1 aromatic heterocycles. The second-order valence-corrected chi connectivity index (χ2v) is 6.06. The molecule has 4 nitrogen and oxygen atoms in total. The molecule has 0 unspecified atom stereocenters. The Morgan fingerprint density at radius 2 is 2.22 bits per heavy atom. The fraction of sp³-hybridized carbons (Fsp3) is 0.538. The maximum atomic E-state index is 11.4. The van der Waals surface area contributed by atoms with Crippen molar-refractivity contribution in [3.8, 4) is 6.07 Å². The third-order valence-electron chi connectivity index (χ3n) is 2.00. The number of esters is 1. The van der Waals surface area contributed by atoms with Gasteiger partial charge in [-0.25, -0.2) is 0 Å². The first-order chi connectivity index (χ1) is 8.40. The number of nitrogens with zero attached hydrogens (tertiary/aromatic N) is 1. The van der Waals surface area contributed by atoms with E-state index in [1.54, 1.807) is 6.07 Å². The van der Waals surface area contributed by atoms with Crippen molar-refractivity contribution < 1.29 is 9.53 Å². The molecule has 0 aromatic carbocycles. The van der Waals surface area contributed by atoms with Crippen molar-refractivity contribution >= 4 is 17.3 Å². The van der Waals surface area contributed by atoms with Gasteiger partial charge in [0.25, 0.3) is 0 Å². The molecule has 1 N–H and O–H groups in total. The predicted molar refractivity (Wildman–Crippen MR) is 71.2 cm³/mol. The highest BCUT2D eigenvalue weighted by molar-refractivity contribution is 7.12. The minimum absolute atomic E-state index is 0.195. The van der Waals surface area contributed by atoms with Gasteiger partial charge in [-0.2, -0.15) is 5.26 Å². The van der Waals surface area contributed by atoms with Gasteiger partial charge in [-0.3, -0.25) is 4.79 Å². The van der Waals surface area contributed by atoms with Gasteiger partial charge in [-0.05, 0) is 32.9 Å². The van der Waals surface area contributed by atoms with Crippen LogP contribution >= 0.6 is 11.3 Å². The quantitative estimate of drug-likeness (QED) is 0.657. The summed E-state index contributed by atoms with van der Waals surface area (Å²) in [6, 6.07) is 5.82. The topological polar surface area (TPSA) is 62.1 Å². The van der Waals surface area contributed by atoms with Crippen LogP contribution < -0.4 is 5.32 Å². The van der Waals surface area contributed by atoms with E-state index in [0.717, 1.165) is 4.88 Å². The molecule has 1 aromatic rings. The molecule has 18 heavy (non-hydrogen) atoms. The molecule has 0 saturated heterocycles. The van der Waals surface area contributed by atoms with Crippen LogP contribution in [0.2, 0.25) is 0 Å². The summed E-state index contributed by atoms with van der Waals surface area (Å²) in [4.78, 5) is 13.2. The fourth-order valence-electron chi connectivity index (χ4n) is 1.33. The summed E-state index contributed by atoms with van der Waals surface area (Å²) in [6.07, 6.45) is 0.355. The molecule has 0 amide bonds. The van der Waals surface area contributed by atoms with Crippen LogP contribution in [0.3, 0.4) is 0 Å². The Hall–Kier alpha value is -1.38. The summed E-state index contributed by atoms with van der Waals surface area (Å²) in [5.74, 6) is -0.195. The summed E-state index contributed by atoms with van der Waals surface area (Å²) < 4.78 is 5.19. The average molecular weight is 266 g/mol. The molecule has 1 rings (SSSR count). The third kappa shape index (κ3) is 5.80. The van der Waals surface area contributed by atoms with E-state index >= 15 is 0 Å². The van der Waals surface area contributed by atoms with Crippen LogP contribution in [0.4, 0.5) is 0 Å². The number of ether oxygens (including phenoxy) is 1. The predicted octanol–water partition coefficient (Wildman–Crippen LogP) is 2.44. The zero-order valence-corrected chi connectivity index (χ0v) is 11.8. The zero-order valence-electron chi connectivity index (χ0n) is 10.9. The molecule has 5 heteroatoms. The highest BCUT2D eigenvalue weighted by Gasteiger charge is 2.15. The van der Waals surface area contributed by atoms with Gasteiger partial charge >= 0.3 is 5.97 Å². The summed E-state index contributed by atoms with van der Waals surface area (Å²) in [5, 5.41) is 11.8. The smallest absolute Gasteiger partial charge is 0.307 e. The van der Waals surface area contributed by atoms with Crippen molar-refractivity contribution in [2.75, 3.05) is 6.54 Å². The summed E-state index contributed by atoms with van der Waals surface area (Å²) in [7, 11) is 0. The Balaban J connectivity index is 2.19. The number of hydrogen-bond donors (Lipinski definition) is 1. The first kappa shape index (κ1) is 14.7. The van der Waals surface area contributed by atoms with Crippen molar-refractivity contribution in [1.82, 2.24) is 5.32 Å². The maximum Gasteiger partial charge on any atom is 0.307 e. The van der Waals surface area contributed by atoms with E-state index in [1.807, 2.05) is 26.8 Å². The Morgan fingerprint density at radius 3 is 2.78 bits per heavy atom. The number of nitrogens with one attached hydrogen (secondary N) is 1. The second-order valence-electron chi connectivity index (χ2n) is 4.89. The maximum absolute atomic E-state index is 11.4. The molecular weight excluding hydrogens is 248 g/mol. The highest BCUT2D eigenvalue weighted by Crippen LogP contribution is 2.14. The molecule has 0 fully saturated rings. The van der Waals surface area contributed by atoms with Crippen LogP contribution in [-0.4, -0.2) is 18.1 Å². The lowest BCUT2D eigenvalue weighted by Crippen LogP contribution is -2.26. The average Bonchev–Trinajstić information content (AvgIpc) is 2.70. The van der Waals surface area contributed by atoms with E-state index in [1.165, 1.54) is 11.3 Å². The van der Waals surface area contributed by atoms with E-state index in [2.05, 4.69) is 11.4 Å². The SMILES string of the molecule is CC(C)(C)OC(=O)CCNCc1ccc(C#N)s1. The van der Waals surface area contributed by atoms with Crippen molar-refractivity contribution in [1.29, 1.82) is 5.26 Å². The Labute approximate surface area is 112 Å². The Kier molecular flexibility index (Phi) is 5.32. The van der Waals surface area contributed by atoms with Crippen molar-refractivity contribution in [2.24, 2.45) is 0 Å².